The maximum Gasteiger partial charge on any atom is 0.240 e. The van der Waals surface area contributed by atoms with Crippen molar-refractivity contribution in [2.75, 3.05) is 19.7 Å². The summed E-state index contributed by atoms with van der Waals surface area (Å²) in [4.78, 5) is 18.9. The first-order valence-corrected chi connectivity index (χ1v) is 9.13. The van der Waals surface area contributed by atoms with Crippen LogP contribution in [0.4, 0.5) is 0 Å². The number of fused-ring (bicyclic) bond motifs is 1. The molecule has 0 aliphatic carbocycles. The van der Waals surface area contributed by atoms with E-state index < -0.39 is 0 Å². The van der Waals surface area contributed by atoms with E-state index in [0.29, 0.717) is 25.4 Å². The summed E-state index contributed by atoms with van der Waals surface area (Å²) in [5.41, 5.74) is 2.61. The SMILES string of the molecule is Cl.Cl.O=C([C@@H]1CCCCN1)N1CCOc2c(O)cc(-c3cccnc3)cc2C1. The molecule has 1 fully saturated rings. The number of pyridine rings is 1. The van der Waals surface area contributed by atoms with Crippen molar-refractivity contribution in [3.63, 3.8) is 0 Å². The van der Waals surface area contributed by atoms with Crippen LogP contribution in [0, 0.1) is 0 Å². The van der Waals surface area contributed by atoms with E-state index in [-0.39, 0.29) is 42.5 Å². The highest BCUT2D eigenvalue weighted by Crippen LogP contribution is 2.37. The van der Waals surface area contributed by atoms with Crippen molar-refractivity contribution in [3.05, 3.63) is 42.2 Å². The number of phenols is 1. The number of aromatic hydroxyl groups is 1. The van der Waals surface area contributed by atoms with Crippen LogP contribution in [0.15, 0.2) is 36.7 Å². The molecule has 1 aromatic carbocycles. The number of aromatic nitrogens is 1. The molecule has 2 N–H and O–H groups in total. The van der Waals surface area contributed by atoms with Crippen molar-refractivity contribution in [1.82, 2.24) is 15.2 Å². The largest absolute Gasteiger partial charge is 0.504 e. The van der Waals surface area contributed by atoms with Gasteiger partial charge in [-0.25, -0.2) is 0 Å². The molecular weight excluding hydrogens is 401 g/mol. The lowest BCUT2D eigenvalue weighted by Gasteiger charge is -2.29. The number of amides is 1. The Labute approximate surface area is 177 Å². The first-order chi connectivity index (χ1) is 12.7. The molecule has 1 saturated heterocycles. The van der Waals surface area contributed by atoms with Gasteiger partial charge in [-0.2, -0.15) is 0 Å². The first-order valence-electron chi connectivity index (χ1n) is 9.13. The van der Waals surface area contributed by atoms with Crippen LogP contribution in [0.25, 0.3) is 11.1 Å². The highest BCUT2D eigenvalue weighted by atomic mass is 35.5. The fourth-order valence-corrected chi connectivity index (χ4v) is 3.67. The average Bonchev–Trinajstić information content (AvgIpc) is 2.91. The number of ether oxygens (including phenoxy) is 1. The van der Waals surface area contributed by atoms with Crippen LogP contribution in [-0.2, 0) is 11.3 Å². The maximum atomic E-state index is 12.9. The third-order valence-corrected chi connectivity index (χ3v) is 5.03. The van der Waals surface area contributed by atoms with Crippen molar-refractivity contribution in [2.45, 2.75) is 31.8 Å². The van der Waals surface area contributed by atoms with Gasteiger partial charge >= 0.3 is 0 Å². The monoisotopic (exact) mass is 425 g/mol. The number of halogens is 2. The van der Waals surface area contributed by atoms with Crippen molar-refractivity contribution in [3.8, 4) is 22.6 Å². The fourth-order valence-electron chi connectivity index (χ4n) is 3.67. The fraction of sp³-hybridized carbons (Fsp3) is 0.400. The van der Waals surface area contributed by atoms with Gasteiger partial charge in [0.15, 0.2) is 11.5 Å². The highest BCUT2D eigenvalue weighted by Gasteiger charge is 2.28. The van der Waals surface area contributed by atoms with Gasteiger partial charge in [-0.3, -0.25) is 9.78 Å². The Bertz CT molecular complexity index is 799. The van der Waals surface area contributed by atoms with Crippen molar-refractivity contribution in [1.29, 1.82) is 0 Å². The third-order valence-electron chi connectivity index (χ3n) is 5.03. The van der Waals surface area contributed by atoms with Gasteiger partial charge in [0.2, 0.25) is 5.91 Å². The third kappa shape index (κ3) is 4.69. The van der Waals surface area contributed by atoms with Gasteiger partial charge in [0.1, 0.15) is 6.61 Å². The zero-order valence-corrected chi connectivity index (χ0v) is 17.1. The second-order valence-electron chi connectivity index (χ2n) is 6.84. The molecule has 6 nitrogen and oxygen atoms in total. The topological polar surface area (TPSA) is 74.7 Å². The number of nitrogens with zero attached hydrogens (tertiary/aromatic N) is 2. The summed E-state index contributed by atoms with van der Waals surface area (Å²) in [5, 5.41) is 13.8. The number of nitrogens with one attached hydrogen (secondary N) is 1. The molecule has 0 radical (unpaired) electrons. The minimum absolute atomic E-state index is 0. The summed E-state index contributed by atoms with van der Waals surface area (Å²) in [6.07, 6.45) is 6.56. The molecule has 1 aromatic heterocycles. The lowest BCUT2D eigenvalue weighted by atomic mass is 10.0. The molecule has 4 rings (SSSR count). The molecule has 0 unspecified atom stereocenters. The quantitative estimate of drug-likeness (QED) is 0.772. The van der Waals surface area contributed by atoms with Gasteiger partial charge in [0.05, 0.1) is 12.6 Å². The standard InChI is InChI=1S/C20H23N3O3.2ClH/c24-18-11-15(14-4-3-6-21-12-14)10-16-13-23(8-9-26-19(16)18)20(25)17-5-1-2-7-22-17;;/h3-4,6,10-12,17,22,24H,1-2,5,7-9,13H2;2*1H/t17-;;/m0../s1. The van der Waals surface area contributed by atoms with E-state index in [4.69, 9.17) is 4.74 Å². The smallest absolute Gasteiger partial charge is 0.240 e. The van der Waals surface area contributed by atoms with E-state index in [9.17, 15) is 9.90 Å². The van der Waals surface area contributed by atoms with Crippen LogP contribution < -0.4 is 10.1 Å². The van der Waals surface area contributed by atoms with Gasteiger partial charge in [-0.1, -0.05) is 12.5 Å². The zero-order valence-electron chi connectivity index (χ0n) is 15.5. The summed E-state index contributed by atoms with van der Waals surface area (Å²) < 4.78 is 5.76. The summed E-state index contributed by atoms with van der Waals surface area (Å²) in [6.45, 7) is 2.23. The molecule has 2 aliphatic heterocycles. The Hall–Kier alpha value is -2.02. The summed E-state index contributed by atoms with van der Waals surface area (Å²) in [5.74, 6) is 0.698. The zero-order chi connectivity index (χ0) is 17.9. The molecule has 0 spiro atoms. The number of phenolic OH excluding ortho intramolecular Hbond substituents is 1. The van der Waals surface area contributed by atoms with Crippen LogP contribution in [0.5, 0.6) is 11.5 Å². The Balaban J connectivity index is 0.00000140. The minimum Gasteiger partial charge on any atom is -0.504 e. The van der Waals surface area contributed by atoms with Gasteiger partial charge in [0, 0.05) is 30.1 Å². The average molecular weight is 426 g/mol. The maximum absolute atomic E-state index is 12.9. The van der Waals surface area contributed by atoms with E-state index in [1.54, 1.807) is 18.5 Å². The second-order valence-corrected chi connectivity index (χ2v) is 6.84. The van der Waals surface area contributed by atoms with Crippen molar-refractivity contribution < 1.29 is 14.6 Å². The van der Waals surface area contributed by atoms with E-state index in [0.717, 1.165) is 42.5 Å². The molecule has 8 heteroatoms. The highest BCUT2D eigenvalue weighted by molar-refractivity contribution is 5.85. The molecule has 2 aromatic rings. The number of rotatable bonds is 2. The van der Waals surface area contributed by atoms with Gasteiger partial charge in [0.25, 0.3) is 0 Å². The molecule has 1 amide bonds. The summed E-state index contributed by atoms with van der Waals surface area (Å²) in [6, 6.07) is 7.36. The van der Waals surface area contributed by atoms with Crippen LogP contribution in [0.1, 0.15) is 24.8 Å². The van der Waals surface area contributed by atoms with Crippen LogP contribution in [-0.4, -0.2) is 46.6 Å². The lowest BCUT2D eigenvalue weighted by Crippen LogP contribution is -2.48. The molecule has 28 heavy (non-hydrogen) atoms. The van der Waals surface area contributed by atoms with E-state index in [2.05, 4.69) is 10.3 Å². The normalized spacial score (nSPS) is 18.6. The van der Waals surface area contributed by atoms with Gasteiger partial charge in [-0.05, 0) is 43.1 Å². The predicted molar refractivity (Wildman–Crippen MR) is 112 cm³/mol. The first kappa shape index (κ1) is 22.3. The molecule has 3 heterocycles. The Kier molecular flexibility index (Phi) is 7.92. The molecular formula is C20H25Cl2N3O3. The summed E-state index contributed by atoms with van der Waals surface area (Å²) >= 11 is 0. The predicted octanol–water partition coefficient (Wildman–Crippen LogP) is 3.16. The Morgan fingerprint density at radius 2 is 2.11 bits per heavy atom. The number of hydrogen-bond acceptors (Lipinski definition) is 5. The molecule has 0 bridgehead atoms. The second kappa shape index (κ2) is 9.96. The van der Waals surface area contributed by atoms with E-state index >= 15 is 0 Å². The Morgan fingerprint density at radius 3 is 2.82 bits per heavy atom. The molecule has 2 aliphatic rings. The number of carbonyl (C=O) groups excluding carboxylic acids is 1. The number of carbonyl (C=O) groups is 1. The van der Waals surface area contributed by atoms with Gasteiger partial charge in [-0.15, -0.1) is 24.8 Å². The molecule has 1 atom stereocenters. The van der Waals surface area contributed by atoms with E-state index in [1.807, 2.05) is 23.1 Å². The number of hydrogen-bond donors (Lipinski definition) is 2. The lowest BCUT2D eigenvalue weighted by molar-refractivity contribution is -0.134. The van der Waals surface area contributed by atoms with Gasteiger partial charge < -0.3 is 20.1 Å². The number of benzene rings is 1. The van der Waals surface area contributed by atoms with E-state index in [1.165, 1.54) is 0 Å². The van der Waals surface area contributed by atoms with Crippen LogP contribution in [0.2, 0.25) is 0 Å². The van der Waals surface area contributed by atoms with Crippen molar-refractivity contribution in [2.24, 2.45) is 0 Å². The van der Waals surface area contributed by atoms with Crippen LogP contribution >= 0.6 is 24.8 Å². The molecule has 152 valence electrons. The van der Waals surface area contributed by atoms with Crippen molar-refractivity contribution >= 4 is 30.7 Å². The summed E-state index contributed by atoms with van der Waals surface area (Å²) in [7, 11) is 0. The minimum atomic E-state index is -0.111. The number of piperidine rings is 1. The van der Waals surface area contributed by atoms with Crippen LogP contribution in [0.3, 0.4) is 0 Å². The Morgan fingerprint density at radius 1 is 1.25 bits per heavy atom. The molecule has 0 saturated carbocycles.